The van der Waals surface area contributed by atoms with E-state index in [2.05, 4.69) is 10.0 Å². The normalized spacial score (nSPS) is 20.8. The predicted octanol–water partition coefficient (Wildman–Crippen LogP) is 2.39. The number of anilines is 1. The van der Waals surface area contributed by atoms with Crippen LogP contribution in [0.2, 0.25) is 0 Å². The monoisotopic (exact) mass is 393 g/mol. The summed E-state index contributed by atoms with van der Waals surface area (Å²) in [5, 5.41) is 2.65. The van der Waals surface area contributed by atoms with Crippen LogP contribution in [0.15, 0.2) is 23.1 Å². The Hall–Kier alpha value is -1.22. The van der Waals surface area contributed by atoms with Gasteiger partial charge in [-0.1, -0.05) is 0 Å². The molecule has 1 amide bonds. The van der Waals surface area contributed by atoms with Gasteiger partial charge in [-0.25, -0.2) is 17.5 Å². The van der Waals surface area contributed by atoms with E-state index in [0.717, 1.165) is 18.6 Å². The smallest absolute Gasteiger partial charge is 0.244 e. The number of rotatable bonds is 4. The summed E-state index contributed by atoms with van der Waals surface area (Å²) in [6.07, 6.45) is 2.09. The molecule has 1 aromatic carbocycles. The summed E-state index contributed by atoms with van der Waals surface area (Å²) in [6, 6.07) is 3.53. The van der Waals surface area contributed by atoms with Gasteiger partial charge in [0.05, 0.1) is 0 Å². The highest BCUT2D eigenvalue weighted by Gasteiger charge is 2.29. The highest BCUT2D eigenvalue weighted by atomic mass is 35.5. The first-order valence-corrected chi connectivity index (χ1v) is 9.36. The number of hydrogen-bond donors (Lipinski definition) is 3. The molecule has 0 spiro atoms. The van der Waals surface area contributed by atoms with Gasteiger partial charge in [0, 0.05) is 23.2 Å². The van der Waals surface area contributed by atoms with Crippen LogP contribution in [-0.4, -0.2) is 25.9 Å². The summed E-state index contributed by atoms with van der Waals surface area (Å²) < 4.78 is 41.0. The molecule has 6 nitrogen and oxygen atoms in total. The molecule has 1 aromatic rings. The van der Waals surface area contributed by atoms with Crippen LogP contribution in [0.4, 0.5) is 10.1 Å². The number of benzene rings is 1. The molecule has 1 aliphatic carbocycles. The average Bonchev–Trinajstić information content (AvgIpc) is 2.85. The van der Waals surface area contributed by atoms with E-state index in [4.69, 9.17) is 5.73 Å². The van der Waals surface area contributed by atoms with Crippen molar-refractivity contribution in [1.82, 2.24) is 4.72 Å². The van der Waals surface area contributed by atoms with Gasteiger partial charge in [0.1, 0.15) is 10.7 Å². The zero-order valence-electron chi connectivity index (χ0n) is 14.5. The number of nitrogens with one attached hydrogen (secondary N) is 2. The van der Waals surface area contributed by atoms with Crippen molar-refractivity contribution in [2.75, 3.05) is 5.32 Å². The van der Waals surface area contributed by atoms with E-state index < -0.39 is 26.3 Å². The van der Waals surface area contributed by atoms with Crippen LogP contribution in [0.3, 0.4) is 0 Å². The molecular weight excluding hydrogens is 369 g/mol. The third-order valence-electron chi connectivity index (χ3n) is 3.77. The molecule has 2 rings (SSSR count). The lowest BCUT2D eigenvalue weighted by atomic mass is 10.1. The Labute approximate surface area is 154 Å². The first-order valence-electron chi connectivity index (χ1n) is 7.88. The highest BCUT2D eigenvalue weighted by molar-refractivity contribution is 7.89. The van der Waals surface area contributed by atoms with E-state index in [-0.39, 0.29) is 36.0 Å². The first-order chi connectivity index (χ1) is 11.0. The second-order valence-corrected chi connectivity index (χ2v) is 8.91. The van der Waals surface area contributed by atoms with Crippen LogP contribution in [0.5, 0.6) is 0 Å². The SMILES string of the molecule is CC(C)(C)NS(=O)(=O)c1cc(NC(=O)C2CCC(N)C2)ccc1F.Cl. The number of sulfonamides is 1. The summed E-state index contributed by atoms with van der Waals surface area (Å²) in [6.45, 7) is 4.99. The second-order valence-electron chi connectivity index (χ2n) is 7.26. The fourth-order valence-corrected chi connectivity index (χ4v) is 4.27. The van der Waals surface area contributed by atoms with Crippen LogP contribution in [-0.2, 0) is 14.8 Å². The van der Waals surface area contributed by atoms with Crippen molar-refractivity contribution >= 4 is 34.0 Å². The van der Waals surface area contributed by atoms with Crippen molar-refractivity contribution in [1.29, 1.82) is 0 Å². The number of halogens is 2. The number of hydrogen-bond acceptors (Lipinski definition) is 4. The summed E-state index contributed by atoms with van der Waals surface area (Å²) in [5.41, 5.74) is 5.30. The van der Waals surface area contributed by atoms with Crippen LogP contribution >= 0.6 is 12.4 Å². The lowest BCUT2D eigenvalue weighted by molar-refractivity contribution is -0.119. The van der Waals surface area contributed by atoms with Gasteiger partial charge in [-0.05, 0) is 58.2 Å². The molecular formula is C16H25ClFN3O3S. The molecule has 25 heavy (non-hydrogen) atoms. The Morgan fingerprint density at radius 2 is 1.92 bits per heavy atom. The minimum absolute atomic E-state index is 0. The quantitative estimate of drug-likeness (QED) is 0.730. The Bertz CT molecular complexity index is 735. The van der Waals surface area contributed by atoms with Gasteiger partial charge < -0.3 is 11.1 Å². The number of amides is 1. The molecule has 1 fully saturated rings. The average molecular weight is 394 g/mol. The van der Waals surface area contributed by atoms with Crippen LogP contribution in [0.25, 0.3) is 0 Å². The fourth-order valence-electron chi connectivity index (χ4n) is 2.74. The third-order valence-corrected chi connectivity index (χ3v) is 5.55. The van der Waals surface area contributed by atoms with Crippen LogP contribution < -0.4 is 15.8 Å². The van der Waals surface area contributed by atoms with Gasteiger partial charge in [-0.2, -0.15) is 0 Å². The van der Waals surface area contributed by atoms with E-state index in [1.807, 2.05) is 0 Å². The van der Waals surface area contributed by atoms with Crippen molar-refractivity contribution in [2.45, 2.75) is 56.5 Å². The maximum atomic E-state index is 14.0. The fraction of sp³-hybridized carbons (Fsp3) is 0.562. The van der Waals surface area contributed by atoms with E-state index in [1.165, 1.54) is 6.07 Å². The molecule has 9 heteroatoms. The standard InChI is InChI=1S/C16H24FN3O3S.ClH/c1-16(2,3)20-24(22,23)14-9-12(6-7-13(14)17)19-15(21)10-4-5-11(18)8-10;/h6-7,9-11,20H,4-5,8,18H2,1-3H3,(H,19,21);1H. The maximum Gasteiger partial charge on any atom is 0.244 e. The molecule has 1 aliphatic rings. The summed E-state index contributed by atoms with van der Waals surface area (Å²) in [4.78, 5) is 11.7. The Kier molecular flexibility index (Phi) is 6.97. The topological polar surface area (TPSA) is 101 Å². The molecule has 1 saturated carbocycles. The van der Waals surface area contributed by atoms with Gasteiger partial charge in [0.2, 0.25) is 15.9 Å². The van der Waals surface area contributed by atoms with Crippen molar-refractivity contribution in [3.8, 4) is 0 Å². The number of nitrogens with two attached hydrogens (primary N) is 1. The molecule has 0 radical (unpaired) electrons. The van der Waals surface area contributed by atoms with Crippen LogP contribution in [0, 0.1) is 11.7 Å². The van der Waals surface area contributed by atoms with Gasteiger partial charge in [0.15, 0.2) is 0 Å². The zero-order chi connectivity index (χ0) is 18.1. The van der Waals surface area contributed by atoms with Gasteiger partial charge in [-0.3, -0.25) is 4.79 Å². The predicted molar refractivity (Wildman–Crippen MR) is 97.7 cm³/mol. The molecule has 0 aromatic heterocycles. The number of carbonyl (C=O) groups is 1. The molecule has 142 valence electrons. The summed E-state index contributed by atoms with van der Waals surface area (Å²) in [5.74, 6) is -1.29. The van der Waals surface area contributed by atoms with E-state index >= 15 is 0 Å². The lowest BCUT2D eigenvalue weighted by Gasteiger charge is -2.21. The minimum Gasteiger partial charge on any atom is -0.328 e. The van der Waals surface area contributed by atoms with Crippen LogP contribution in [0.1, 0.15) is 40.0 Å². The van der Waals surface area contributed by atoms with Crippen molar-refractivity contribution in [3.05, 3.63) is 24.0 Å². The van der Waals surface area contributed by atoms with Gasteiger partial charge >= 0.3 is 0 Å². The van der Waals surface area contributed by atoms with Gasteiger partial charge in [-0.15, -0.1) is 12.4 Å². The van der Waals surface area contributed by atoms with Crippen molar-refractivity contribution in [2.24, 2.45) is 11.7 Å². The van der Waals surface area contributed by atoms with E-state index in [0.29, 0.717) is 12.8 Å². The zero-order valence-corrected chi connectivity index (χ0v) is 16.1. The molecule has 2 unspecified atom stereocenters. The lowest BCUT2D eigenvalue weighted by Crippen LogP contribution is -2.40. The number of carbonyl (C=O) groups excluding carboxylic acids is 1. The Balaban J connectivity index is 0.00000312. The molecule has 0 aliphatic heterocycles. The highest BCUT2D eigenvalue weighted by Crippen LogP contribution is 2.26. The van der Waals surface area contributed by atoms with E-state index in [9.17, 15) is 17.6 Å². The minimum atomic E-state index is -4.03. The van der Waals surface area contributed by atoms with Gasteiger partial charge in [0.25, 0.3) is 0 Å². The van der Waals surface area contributed by atoms with Crippen molar-refractivity contribution < 1.29 is 17.6 Å². The summed E-state index contributed by atoms with van der Waals surface area (Å²) >= 11 is 0. The molecule has 0 heterocycles. The Morgan fingerprint density at radius 1 is 1.28 bits per heavy atom. The summed E-state index contributed by atoms with van der Waals surface area (Å²) in [7, 11) is -4.03. The second kappa shape index (κ2) is 7.99. The molecule has 0 bridgehead atoms. The largest absolute Gasteiger partial charge is 0.328 e. The van der Waals surface area contributed by atoms with Crippen molar-refractivity contribution in [3.63, 3.8) is 0 Å². The maximum absolute atomic E-state index is 14.0. The Morgan fingerprint density at radius 3 is 2.44 bits per heavy atom. The molecule has 4 N–H and O–H groups in total. The molecule has 0 saturated heterocycles. The third kappa shape index (κ3) is 5.91. The molecule has 2 atom stereocenters. The first kappa shape index (κ1) is 21.8. The van der Waals surface area contributed by atoms with E-state index in [1.54, 1.807) is 20.8 Å².